The molecule has 0 spiro atoms. The zero-order valence-electron chi connectivity index (χ0n) is 14.1. The second kappa shape index (κ2) is 7.31. The Morgan fingerprint density at radius 2 is 2.00 bits per heavy atom. The first-order valence-electron chi connectivity index (χ1n) is 8.67. The summed E-state index contributed by atoms with van der Waals surface area (Å²) in [6.07, 6.45) is 2.41. The van der Waals surface area contributed by atoms with Crippen molar-refractivity contribution in [3.8, 4) is 0 Å². The van der Waals surface area contributed by atoms with Crippen LogP contribution in [-0.2, 0) is 0 Å². The first-order valence-corrected chi connectivity index (χ1v) is 10.7. The van der Waals surface area contributed by atoms with E-state index in [-0.39, 0.29) is 11.9 Å². The van der Waals surface area contributed by atoms with Crippen LogP contribution in [0.4, 0.5) is 0 Å². The molecule has 3 aliphatic heterocycles. The van der Waals surface area contributed by atoms with Crippen LogP contribution in [0, 0.1) is 5.92 Å². The Balaban J connectivity index is 1.40. The van der Waals surface area contributed by atoms with Crippen molar-refractivity contribution >= 4 is 40.6 Å². The van der Waals surface area contributed by atoms with Crippen molar-refractivity contribution in [2.75, 3.05) is 13.1 Å². The maximum atomic E-state index is 12.7. The van der Waals surface area contributed by atoms with Crippen LogP contribution in [0.5, 0.6) is 0 Å². The third-order valence-corrected chi connectivity index (χ3v) is 7.79. The number of hydrogen-bond donors (Lipinski definition) is 1. The summed E-state index contributed by atoms with van der Waals surface area (Å²) < 4.78 is 1.16. The SMILES string of the molecule is C[C@H]1[C@H](NC(=O)c2ccc(Sc3cc(Cl)cs3)cc2)C2CCN1CC2. The molecular weight excluding hydrogens is 372 g/mol. The van der Waals surface area contributed by atoms with E-state index in [4.69, 9.17) is 11.6 Å². The van der Waals surface area contributed by atoms with Gasteiger partial charge in [0.05, 0.1) is 9.23 Å². The monoisotopic (exact) mass is 392 g/mol. The zero-order chi connectivity index (χ0) is 17.4. The van der Waals surface area contributed by atoms with Crippen molar-refractivity contribution < 1.29 is 4.79 Å². The summed E-state index contributed by atoms with van der Waals surface area (Å²) in [5.74, 6) is 0.670. The highest BCUT2D eigenvalue weighted by atomic mass is 35.5. The van der Waals surface area contributed by atoms with Crippen molar-refractivity contribution in [2.45, 2.75) is 41.0 Å². The van der Waals surface area contributed by atoms with Gasteiger partial charge in [0.15, 0.2) is 0 Å². The van der Waals surface area contributed by atoms with Crippen molar-refractivity contribution in [1.29, 1.82) is 0 Å². The van der Waals surface area contributed by atoms with Crippen molar-refractivity contribution in [3.05, 3.63) is 46.3 Å². The quantitative estimate of drug-likeness (QED) is 0.813. The summed E-state index contributed by atoms with van der Waals surface area (Å²) in [6.45, 7) is 4.59. The minimum Gasteiger partial charge on any atom is -0.347 e. The number of nitrogens with zero attached hydrogens (tertiary/aromatic N) is 1. The van der Waals surface area contributed by atoms with Crippen LogP contribution in [0.15, 0.2) is 44.8 Å². The number of fused-ring (bicyclic) bond motifs is 3. The van der Waals surface area contributed by atoms with Crippen molar-refractivity contribution in [2.24, 2.45) is 5.92 Å². The van der Waals surface area contributed by atoms with Crippen LogP contribution < -0.4 is 5.32 Å². The van der Waals surface area contributed by atoms with E-state index < -0.39 is 0 Å². The number of thiophene rings is 1. The molecule has 25 heavy (non-hydrogen) atoms. The number of benzene rings is 1. The van der Waals surface area contributed by atoms with E-state index in [1.165, 1.54) is 25.9 Å². The van der Waals surface area contributed by atoms with Crippen LogP contribution in [0.3, 0.4) is 0 Å². The Bertz CT molecular complexity index is 751. The fourth-order valence-electron chi connectivity index (χ4n) is 3.92. The molecule has 132 valence electrons. The Labute approximate surface area is 161 Å². The number of amides is 1. The van der Waals surface area contributed by atoms with Crippen molar-refractivity contribution in [3.63, 3.8) is 0 Å². The van der Waals surface area contributed by atoms with Crippen molar-refractivity contribution in [1.82, 2.24) is 10.2 Å². The molecule has 3 nitrogen and oxygen atoms in total. The third kappa shape index (κ3) is 3.75. The van der Waals surface area contributed by atoms with Gasteiger partial charge in [-0.2, -0.15) is 0 Å². The van der Waals surface area contributed by atoms with Gasteiger partial charge < -0.3 is 5.32 Å². The third-order valence-electron chi connectivity index (χ3n) is 5.35. The molecule has 0 saturated carbocycles. The Morgan fingerprint density at radius 3 is 2.60 bits per heavy atom. The molecule has 1 aromatic heterocycles. The van der Waals surface area contributed by atoms with Crippen LogP contribution in [0.2, 0.25) is 5.02 Å². The summed E-state index contributed by atoms with van der Waals surface area (Å²) in [4.78, 5) is 16.3. The molecule has 1 aromatic carbocycles. The minimum atomic E-state index is 0.0429. The molecule has 1 N–H and O–H groups in total. The van der Waals surface area contributed by atoms with Crippen LogP contribution >= 0.6 is 34.7 Å². The van der Waals surface area contributed by atoms with Gasteiger partial charge in [0.25, 0.3) is 5.91 Å². The topological polar surface area (TPSA) is 32.3 Å². The molecule has 3 saturated heterocycles. The molecule has 4 heterocycles. The lowest BCUT2D eigenvalue weighted by Crippen LogP contribution is -2.62. The molecule has 3 aliphatic rings. The Kier molecular flexibility index (Phi) is 5.09. The van der Waals surface area contributed by atoms with Crippen LogP contribution in [0.25, 0.3) is 0 Å². The molecule has 0 unspecified atom stereocenters. The molecule has 5 rings (SSSR count). The fourth-order valence-corrected chi connectivity index (χ4v) is 6.10. The number of halogens is 1. The van der Waals surface area contributed by atoms with E-state index in [1.54, 1.807) is 23.1 Å². The number of carbonyl (C=O) groups excluding carboxylic acids is 1. The Morgan fingerprint density at radius 1 is 1.28 bits per heavy atom. The predicted octanol–water partition coefficient (Wildman–Crippen LogP) is 4.77. The van der Waals surface area contributed by atoms with Gasteiger partial charge in [0, 0.05) is 27.9 Å². The number of rotatable bonds is 4. The lowest BCUT2D eigenvalue weighted by atomic mass is 9.79. The van der Waals surface area contributed by atoms with Gasteiger partial charge in [-0.1, -0.05) is 23.4 Å². The second-order valence-electron chi connectivity index (χ2n) is 6.82. The molecule has 1 amide bonds. The molecule has 0 aliphatic carbocycles. The number of carbonyl (C=O) groups is 1. The number of nitrogens with one attached hydrogen (secondary N) is 1. The second-order valence-corrected chi connectivity index (χ2v) is 9.55. The maximum absolute atomic E-state index is 12.7. The van der Waals surface area contributed by atoms with Gasteiger partial charge >= 0.3 is 0 Å². The molecule has 2 atom stereocenters. The molecule has 2 aromatic rings. The summed E-state index contributed by atoms with van der Waals surface area (Å²) in [5, 5.41) is 5.99. The van der Waals surface area contributed by atoms with E-state index in [0.717, 1.165) is 19.7 Å². The minimum absolute atomic E-state index is 0.0429. The first-order chi connectivity index (χ1) is 12.1. The molecule has 3 fully saturated rings. The van der Waals surface area contributed by atoms with Gasteiger partial charge in [-0.05, 0) is 69.1 Å². The smallest absolute Gasteiger partial charge is 0.251 e. The van der Waals surface area contributed by atoms with Gasteiger partial charge in [-0.3, -0.25) is 9.69 Å². The average molecular weight is 393 g/mol. The average Bonchev–Trinajstić information content (AvgIpc) is 3.04. The molecular formula is C19H21ClN2OS2. The van der Waals surface area contributed by atoms with E-state index in [0.29, 0.717) is 12.0 Å². The summed E-state index contributed by atoms with van der Waals surface area (Å²) in [7, 11) is 0. The van der Waals surface area contributed by atoms with E-state index in [9.17, 15) is 4.79 Å². The number of hydrogen-bond acceptors (Lipinski definition) is 4. The summed E-state index contributed by atoms with van der Waals surface area (Å²) in [6, 6.07) is 10.5. The molecule has 0 radical (unpaired) electrons. The van der Waals surface area contributed by atoms with E-state index >= 15 is 0 Å². The highest BCUT2D eigenvalue weighted by molar-refractivity contribution is 8.01. The van der Waals surface area contributed by atoms with Gasteiger partial charge in [0.2, 0.25) is 0 Å². The van der Waals surface area contributed by atoms with Crippen LogP contribution in [-0.4, -0.2) is 36.0 Å². The number of piperidine rings is 3. The molecule has 6 heteroatoms. The van der Waals surface area contributed by atoms with Gasteiger partial charge in [0.1, 0.15) is 0 Å². The highest BCUT2D eigenvalue weighted by Crippen LogP contribution is 2.35. The standard InChI is InChI=1S/C19H21ClN2OS2/c1-12-18(13-6-8-22(12)9-7-13)21-19(23)14-2-4-16(5-3-14)25-17-10-15(20)11-24-17/h2-5,10-13,18H,6-9H2,1H3,(H,21,23)/t12-,18-/m0/s1. The fraction of sp³-hybridized carbons (Fsp3) is 0.421. The largest absolute Gasteiger partial charge is 0.347 e. The molecule has 2 bridgehead atoms. The summed E-state index contributed by atoms with van der Waals surface area (Å²) >= 11 is 9.27. The normalized spacial score (nSPS) is 28.1. The summed E-state index contributed by atoms with van der Waals surface area (Å²) in [5.41, 5.74) is 0.734. The van der Waals surface area contributed by atoms with Crippen LogP contribution in [0.1, 0.15) is 30.1 Å². The predicted molar refractivity (Wildman–Crippen MR) is 105 cm³/mol. The van der Waals surface area contributed by atoms with E-state index in [1.807, 2.05) is 35.7 Å². The lowest BCUT2D eigenvalue weighted by Gasteiger charge is -2.49. The zero-order valence-corrected chi connectivity index (χ0v) is 16.5. The maximum Gasteiger partial charge on any atom is 0.251 e. The lowest BCUT2D eigenvalue weighted by molar-refractivity contribution is 0.0217. The van der Waals surface area contributed by atoms with Gasteiger partial charge in [-0.15, -0.1) is 11.3 Å². The highest BCUT2D eigenvalue weighted by Gasteiger charge is 2.40. The first kappa shape index (κ1) is 17.4. The Hall–Kier alpha value is -1.01. The van der Waals surface area contributed by atoms with Gasteiger partial charge in [-0.25, -0.2) is 0 Å². The van der Waals surface area contributed by atoms with E-state index in [2.05, 4.69) is 17.1 Å².